The van der Waals surface area contributed by atoms with Crippen LogP contribution in [0.1, 0.15) is 35.5 Å². The third-order valence-corrected chi connectivity index (χ3v) is 5.78. The summed E-state index contributed by atoms with van der Waals surface area (Å²) in [5.74, 6) is 1.92. The summed E-state index contributed by atoms with van der Waals surface area (Å²) in [5, 5.41) is 3.14. The van der Waals surface area contributed by atoms with E-state index in [2.05, 4.69) is 46.1 Å². The number of benzene rings is 2. The van der Waals surface area contributed by atoms with E-state index in [0.29, 0.717) is 13.0 Å². The van der Waals surface area contributed by atoms with Crippen LogP contribution in [-0.2, 0) is 23.2 Å². The summed E-state index contributed by atoms with van der Waals surface area (Å²) in [5.41, 5.74) is 3.07. The number of hydrogen-bond acceptors (Lipinski definition) is 3. The van der Waals surface area contributed by atoms with Gasteiger partial charge in [-0.15, -0.1) is 0 Å². The molecule has 0 bridgehead atoms. The number of carbonyl (C=O) groups is 1. The normalized spacial score (nSPS) is 14.4. The summed E-state index contributed by atoms with van der Waals surface area (Å²) in [4.78, 5) is 17.4. The van der Waals surface area contributed by atoms with Gasteiger partial charge in [-0.05, 0) is 43.0 Å². The minimum Gasteiger partial charge on any atom is -0.497 e. The quantitative estimate of drug-likeness (QED) is 0.640. The van der Waals surface area contributed by atoms with E-state index in [1.165, 1.54) is 5.56 Å². The molecule has 1 heterocycles. The predicted octanol–water partition coefficient (Wildman–Crippen LogP) is 3.64. The maximum absolute atomic E-state index is 12.9. The van der Waals surface area contributed by atoms with E-state index in [9.17, 15) is 4.79 Å². The molecule has 0 unspecified atom stereocenters. The first kappa shape index (κ1) is 19.2. The van der Waals surface area contributed by atoms with Crippen LogP contribution in [0.15, 0.2) is 60.8 Å². The Bertz CT molecular complexity index is 973. The van der Waals surface area contributed by atoms with Crippen molar-refractivity contribution in [3.63, 3.8) is 0 Å². The van der Waals surface area contributed by atoms with Crippen molar-refractivity contribution in [2.75, 3.05) is 13.7 Å². The number of rotatable bonds is 8. The van der Waals surface area contributed by atoms with E-state index in [-0.39, 0.29) is 11.3 Å². The van der Waals surface area contributed by atoms with E-state index in [1.54, 1.807) is 7.11 Å². The van der Waals surface area contributed by atoms with Crippen LogP contribution in [0.25, 0.3) is 0 Å². The average molecular weight is 389 g/mol. The summed E-state index contributed by atoms with van der Waals surface area (Å²) < 4.78 is 7.44. The molecule has 1 aliphatic carbocycles. The number of aromatic nitrogens is 2. The summed E-state index contributed by atoms with van der Waals surface area (Å²) in [6.45, 7) is 3.45. The van der Waals surface area contributed by atoms with Gasteiger partial charge in [0.1, 0.15) is 11.6 Å². The maximum atomic E-state index is 12.9. The molecule has 1 aromatic heterocycles. The van der Waals surface area contributed by atoms with E-state index in [0.717, 1.165) is 42.2 Å². The lowest BCUT2D eigenvalue weighted by molar-refractivity contribution is -0.123. The van der Waals surface area contributed by atoms with Gasteiger partial charge in [-0.2, -0.15) is 0 Å². The standard InChI is InChI=1S/C24H27N3O2/c1-18-16-26-22(27(18)17-19-6-4-3-5-7-19)12-15-25-23(28)24(13-14-24)20-8-10-21(29-2)11-9-20/h3-11,16H,12-15,17H2,1-2H3,(H,25,28). The van der Waals surface area contributed by atoms with Gasteiger partial charge in [-0.3, -0.25) is 4.79 Å². The lowest BCUT2D eigenvalue weighted by atomic mass is 9.95. The molecule has 5 heteroatoms. The van der Waals surface area contributed by atoms with Crippen LogP contribution >= 0.6 is 0 Å². The highest BCUT2D eigenvalue weighted by Crippen LogP contribution is 2.48. The molecule has 29 heavy (non-hydrogen) atoms. The molecule has 4 rings (SSSR count). The Balaban J connectivity index is 1.37. The molecule has 2 aromatic carbocycles. The van der Waals surface area contributed by atoms with Gasteiger partial charge in [0.15, 0.2) is 0 Å². The molecule has 1 N–H and O–H groups in total. The third-order valence-electron chi connectivity index (χ3n) is 5.78. The Kier molecular flexibility index (Phi) is 5.38. The maximum Gasteiger partial charge on any atom is 0.230 e. The third kappa shape index (κ3) is 4.04. The van der Waals surface area contributed by atoms with Gasteiger partial charge in [-0.1, -0.05) is 42.5 Å². The zero-order chi connectivity index (χ0) is 20.3. The largest absolute Gasteiger partial charge is 0.497 e. The van der Waals surface area contributed by atoms with Crippen molar-refractivity contribution in [1.29, 1.82) is 0 Å². The smallest absolute Gasteiger partial charge is 0.230 e. The van der Waals surface area contributed by atoms with E-state index >= 15 is 0 Å². The fourth-order valence-electron chi connectivity index (χ4n) is 3.83. The van der Waals surface area contributed by atoms with Crippen molar-refractivity contribution in [1.82, 2.24) is 14.9 Å². The number of aryl methyl sites for hydroxylation is 1. The molecule has 0 radical (unpaired) electrons. The molecule has 3 aromatic rings. The molecule has 5 nitrogen and oxygen atoms in total. The van der Waals surface area contributed by atoms with Crippen molar-refractivity contribution >= 4 is 5.91 Å². The minimum atomic E-state index is -0.373. The Morgan fingerprint density at radius 3 is 2.52 bits per heavy atom. The number of imidazole rings is 1. The number of carbonyl (C=O) groups excluding carboxylic acids is 1. The molecule has 0 atom stereocenters. The van der Waals surface area contributed by atoms with Gasteiger partial charge in [0.25, 0.3) is 0 Å². The second-order valence-corrected chi connectivity index (χ2v) is 7.70. The summed E-state index contributed by atoms with van der Waals surface area (Å²) in [7, 11) is 1.65. The molecule has 0 aliphatic heterocycles. The Hall–Kier alpha value is -3.08. The lowest BCUT2D eigenvalue weighted by Gasteiger charge is -2.16. The van der Waals surface area contributed by atoms with Crippen LogP contribution in [-0.4, -0.2) is 29.1 Å². The molecule has 150 valence electrons. The highest BCUT2D eigenvalue weighted by atomic mass is 16.5. The van der Waals surface area contributed by atoms with Gasteiger partial charge < -0.3 is 14.6 Å². The van der Waals surface area contributed by atoms with Crippen LogP contribution in [0.4, 0.5) is 0 Å². The summed E-state index contributed by atoms with van der Waals surface area (Å²) in [6.07, 6.45) is 4.41. The zero-order valence-electron chi connectivity index (χ0n) is 17.0. The van der Waals surface area contributed by atoms with Gasteiger partial charge in [0.2, 0.25) is 5.91 Å². The minimum absolute atomic E-state index is 0.112. The SMILES string of the molecule is COc1ccc(C2(C(=O)NCCc3ncc(C)n3Cc3ccccc3)CC2)cc1. The second-order valence-electron chi connectivity index (χ2n) is 7.70. The number of ether oxygens (including phenoxy) is 1. The number of methoxy groups -OCH3 is 1. The number of amides is 1. The molecule has 0 spiro atoms. The monoisotopic (exact) mass is 389 g/mol. The number of nitrogens with zero attached hydrogens (tertiary/aromatic N) is 2. The topological polar surface area (TPSA) is 56.1 Å². The molecule has 1 amide bonds. The fraction of sp³-hybridized carbons (Fsp3) is 0.333. The van der Waals surface area contributed by atoms with Crippen molar-refractivity contribution in [3.05, 3.63) is 83.4 Å². The van der Waals surface area contributed by atoms with Gasteiger partial charge in [0, 0.05) is 31.4 Å². The molecule has 1 fully saturated rings. The Morgan fingerprint density at radius 2 is 1.86 bits per heavy atom. The van der Waals surface area contributed by atoms with Crippen LogP contribution in [0.2, 0.25) is 0 Å². The Labute approximate surface area is 171 Å². The molecule has 0 saturated heterocycles. The van der Waals surface area contributed by atoms with E-state index < -0.39 is 0 Å². The highest BCUT2D eigenvalue weighted by Gasteiger charge is 2.51. The van der Waals surface area contributed by atoms with Crippen molar-refractivity contribution in [3.8, 4) is 5.75 Å². The van der Waals surface area contributed by atoms with Crippen LogP contribution in [0.3, 0.4) is 0 Å². The van der Waals surface area contributed by atoms with Crippen molar-refractivity contribution < 1.29 is 9.53 Å². The second kappa shape index (κ2) is 8.11. The molecule has 1 saturated carbocycles. The zero-order valence-corrected chi connectivity index (χ0v) is 17.0. The highest BCUT2D eigenvalue weighted by molar-refractivity contribution is 5.91. The van der Waals surface area contributed by atoms with Crippen LogP contribution in [0, 0.1) is 6.92 Å². The molecular formula is C24H27N3O2. The van der Waals surface area contributed by atoms with Gasteiger partial charge >= 0.3 is 0 Å². The number of nitrogens with one attached hydrogen (secondary N) is 1. The summed E-state index contributed by atoms with van der Waals surface area (Å²) >= 11 is 0. The van der Waals surface area contributed by atoms with E-state index in [4.69, 9.17) is 4.74 Å². The molecule has 1 aliphatic rings. The van der Waals surface area contributed by atoms with Gasteiger partial charge in [-0.25, -0.2) is 4.98 Å². The Morgan fingerprint density at radius 1 is 1.14 bits per heavy atom. The van der Waals surface area contributed by atoms with Crippen LogP contribution in [0.5, 0.6) is 5.75 Å². The lowest BCUT2D eigenvalue weighted by Crippen LogP contribution is -2.36. The average Bonchev–Trinajstić information content (AvgIpc) is 3.51. The first-order valence-corrected chi connectivity index (χ1v) is 10.1. The van der Waals surface area contributed by atoms with E-state index in [1.807, 2.05) is 36.5 Å². The first-order valence-electron chi connectivity index (χ1n) is 10.1. The van der Waals surface area contributed by atoms with Crippen LogP contribution < -0.4 is 10.1 Å². The predicted molar refractivity (Wildman–Crippen MR) is 113 cm³/mol. The first-order chi connectivity index (χ1) is 14.1. The van der Waals surface area contributed by atoms with Crippen molar-refractivity contribution in [2.24, 2.45) is 0 Å². The number of hydrogen-bond donors (Lipinski definition) is 1. The fourth-order valence-corrected chi connectivity index (χ4v) is 3.83. The van der Waals surface area contributed by atoms with Gasteiger partial charge in [0.05, 0.1) is 12.5 Å². The van der Waals surface area contributed by atoms with Crippen molar-refractivity contribution in [2.45, 2.75) is 38.1 Å². The summed E-state index contributed by atoms with van der Waals surface area (Å²) in [6, 6.07) is 18.2. The molecular weight excluding hydrogens is 362 g/mol.